The number of nitrogens with one attached hydrogen (secondary N) is 1. The van der Waals surface area contributed by atoms with Crippen molar-refractivity contribution in [3.05, 3.63) is 65.7 Å². The van der Waals surface area contributed by atoms with E-state index in [1.165, 1.54) is 12.1 Å². The normalized spacial score (nSPS) is 16.6. The van der Waals surface area contributed by atoms with E-state index in [-0.39, 0.29) is 24.5 Å². The van der Waals surface area contributed by atoms with E-state index in [4.69, 9.17) is 0 Å². The topological polar surface area (TPSA) is 124 Å². The number of carboxylic acid groups (broad SMARTS) is 2. The molecule has 4 N–H and O–H groups in total. The molecule has 0 radical (unpaired) electrons. The summed E-state index contributed by atoms with van der Waals surface area (Å²) in [6.07, 6.45) is 4.04. The van der Waals surface area contributed by atoms with Crippen LogP contribution in [0, 0.1) is 11.3 Å². The first-order valence-electron chi connectivity index (χ1n) is 11.4. The van der Waals surface area contributed by atoms with Gasteiger partial charge in [0, 0.05) is 6.42 Å². The van der Waals surface area contributed by atoms with Gasteiger partial charge in [-0.1, -0.05) is 55.3 Å². The number of carbonyl (C=O) groups excluding carboxylic acids is 1. The Kier molecular flexibility index (Phi) is 8.09. The van der Waals surface area contributed by atoms with Crippen LogP contribution in [0.4, 0.5) is 0 Å². The number of rotatable bonds is 11. The Hall–Kier alpha value is -3.35. The first-order valence-corrected chi connectivity index (χ1v) is 11.4. The summed E-state index contributed by atoms with van der Waals surface area (Å²) in [5, 5.41) is 31.7. The number of benzene rings is 2. The molecule has 3 rings (SSSR count). The zero-order valence-corrected chi connectivity index (χ0v) is 18.6. The van der Waals surface area contributed by atoms with E-state index < -0.39 is 29.3 Å². The number of aryl methyl sites for hydroxylation is 1. The molecule has 0 aromatic heterocycles. The lowest BCUT2D eigenvalue weighted by atomic mass is 9.75. The molecule has 176 valence electrons. The Morgan fingerprint density at radius 3 is 2.09 bits per heavy atom. The van der Waals surface area contributed by atoms with Crippen LogP contribution in [0.3, 0.4) is 0 Å². The van der Waals surface area contributed by atoms with E-state index in [1.54, 1.807) is 12.1 Å². The van der Waals surface area contributed by atoms with Crippen molar-refractivity contribution in [3.8, 4) is 5.75 Å². The lowest BCUT2D eigenvalue weighted by Crippen LogP contribution is -2.49. The van der Waals surface area contributed by atoms with Crippen LogP contribution in [-0.4, -0.2) is 39.2 Å². The predicted octanol–water partition coefficient (Wildman–Crippen LogP) is 3.79. The second-order valence-corrected chi connectivity index (χ2v) is 8.99. The average Bonchev–Trinajstić information content (AvgIpc) is 3.28. The molecular weight excluding hydrogens is 422 g/mol. The molecule has 33 heavy (non-hydrogen) atoms. The summed E-state index contributed by atoms with van der Waals surface area (Å²) < 4.78 is 0. The highest BCUT2D eigenvalue weighted by Gasteiger charge is 2.45. The van der Waals surface area contributed by atoms with Gasteiger partial charge in [0.2, 0.25) is 5.91 Å². The van der Waals surface area contributed by atoms with Crippen molar-refractivity contribution < 1.29 is 29.7 Å². The molecular formula is C26H31NO6. The predicted molar refractivity (Wildman–Crippen MR) is 123 cm³/mol. The smallest absolute Gasteiger partial charge is 0.326 e. The number of aliphatic carboxylic acids is 2. The number of carboxylic acids is 2. The van der Waals surface area contributed by atoms with Crippen molar-refractivity contribution in [1.29, 1.82) is 0 Å². The summed E-state index contributed by atoms with van der Waals surface area (Å²) in [5.74, 6) is -3.06. The minimum Gasteiger partial charge on any atom is -0.508 e. The molecule has 0 heterocycles. The molecule has 0 aliphatic heterocycles. The number of hydrogen-bond acceptors (Lipinski definition) is 4. The molecule has 0 saturated heterocycles. The van der Waals surface area contributed by atoms with Gasteiger partial charge in [-0.2, -0.15) is 0 Å². The van der Waals surface area contributed by atoms with Crippen LogP contribution >= 0.6 is 0 Å². The van der Waals surface area contributed by atoms with Crippen LogP contribution in [0.25, 0.3) is 0 Å². The van der Waals surface area contributed by atoms with Gasteiger partial charge in [0.1, 0.15) is 11.8 Å². The zero-order chi connectivity index (χ0) is 23.8. The Bertz CT molecular complexity index is 951. The van der Waals surface area contributed by atoms with Crippen molar-refractivity contribution in [1.82, 2.24) is 5.32 Å². The molecule has 1 amide bonds. The van der Waals surface area contributed by atoms with Gasteiger partial charge in [-0.3, -0.25) is 9.59 Å². The van der Waals surface area contributed by atoms with Crippen molar-refractivity contribution >= 4 is 17.8 Å². The third-order valence-electron chi connectivity index (χ3n) is 6.63. The summed E-state index contributed by atoms with van der Waals surface area (Å²) in [6, 6.07) is 14.7. The van der Waals surface area contributed by atoms with Crippen molar-refractivity contribution in [3.63, 3.8) is 0 Å². The second-order valence-electron chi connectivity index (χ2n) is 8.99. The molecule has 0 bridgehead atoms. The van der Waals surface area contributed by atoms with Crippen LogP contribution in [0.1, 0.15) is 49.7 Å². The van der Waals surface area contributed by atoms with Crippen molar-refractivity contribution in [2.75, 3.05) is 0 Å². The van der Waals surface area contributed by atoms with E-state index in [0.29, 0.717) is 31.2 Å². The molecule has 1 aliphatic carbocycles. The Morgan fingerprint density at radius 1 is 0.879 bits per heavy atom. The van der Waals surface area contributed by atoms with Crippen LogP contribution in [0.2, 0.25) is 0 Å². The molecule has 2 aromatic carbocycles. The molecule has 2 atom stereocenters. The van der Waals surface area contributed by atoms with E-state index in [2.05, 4.69) is 5.32 Å². The van der Waals surface area contributed by atoms with Gasteiger partial charge < -0.3 is 20.6 Å². The van der Waals surface area contributed by atoms with Crippen LogP contribution in [-0.2, 0) is 27.2 Å². The summed E-state index contributed by atoms with van der Waals surface area (Å²) in [7, 11) is 0. The van der Waals surface area contributed by atoms with Gasteiger partial charge in [-0.25, -0.2) is 4.79 Å². The van der Waals surface area contributed by atoms with Crippen LogP contribution in [0.15, 0.2) is 54.6 Å². The molecule has 1 unspecified atom stereocenters. The van der Waals surface area contributed by atoms with E-state index in [0.717, 1.165) is 18.4 Å². The summed E-state index contributed by atoms with van der Waals surface area (Å²) in [4.78, 5) is 37.2. The summed E-state index contributed by atoms with van der Waals surface area (Å²) >= 11 is 0. The maximum Gasteiger partial charge on any atom is 0.326 e. The number of aromatic hydroxyl groups is 1. The molecule has 1 aliphatic rings. The Labute approximate surface area is 193 Å². The monoisotopic (exact) mass is 453 g/mol. The van der Waals surface area contributed by atoms with Crippen LogP contribution in [0.5, 0.6) is 5.75 Å². The lowest BCUT2D eigenvalue weighted by Gasteiger charge is -2.32. The highest BCUT2D eigenvalue weighted by atomic mass is 16.4. The fourth-order valence-electron chi connectivity index (χ4n) is 4.72. The minimum atomic E-state index is -1.15. The first kappa shape index (κ1) is 24.3. The zero-order valence-electron chi connectivity index (χ0n) is 18.6. The molecule has 1 fully saturated rings. The van der Waals surface area contributed by atoms with Crippen molar-refractivity contribution in [2.45, 2.75) is 57.4 Å². The Balaban J connectivity index is 1.71. The van der Waals surface area contributed by atoms with E-state index in [9.17, 15) is 29.7 Å². The quantitative estimate of drug-likeness (QED) is 0.410. The van der Waals surface area contributed by atoms with Gasteiger partial charge >= 0.3 is 11.9 Å². The van der Waals surface area contributed by atoms with E-state index in [1.807, 2.05) is 30.3 Å². The largest absolute Gasteiger partial charge is 0.508 e. The van der Waals surface area contributed by atoms with Gasteiger partial charge in [-0.15, -0.1) is 0 Å². The fraction of sp³-hybridized carbons (Fsp3) is 0.423. The lowest BCUT2D eigenvalue weighted by molar-refractivity contribution is -0.147. The highest BCUT2D eigenvalue weighted by molar-refractivity contribution is 5.88. The number of phenols is 1. The van der Waals surface area contributed by atoms with Gasteiger partial charge in [0.05, 0.1) is 11.3 Å². The molecule has 7 nitrogen and oxygen atoms in total. The standard InChI is InChI=1S/C26H31NO6/c28-21-12-9-19(10-13-21)16-22(24(31)32)27-25(33)26(14-4-5-15-26)17-20(23(29)30)11-8-18-6-2-1-3-7-18/h1-3,6-7,9-10,12-13,20,22,28H,4-5,8,11,14-17H2,(H,27,33)(H,29,30)(H,31,32)/t20?,22-/m0/s1. The number of amides is 1. The fourth-order valence-corrected chi connectivity index (χ4v) is 4.72. The first-order chi connectivity index (χ1) is 15.8. The maximum atomic E-state index is 13.4. The highest BCUT2D eigenvalue weighted by Crippen LogP contribution is 2.44. The summed E-state index contributed by atoms with van der Waals surface area (Å²) in [5.41, 5.74) is 0.850. The Morgan fingerprint density at radius 2 is 1.52 bits per heavy atom. The third kappa shape index (κ3) is 6.57. The average molecular weight is 454 g/mol. The van der Waals surface area contributed by atoms with Gasteiger partial charge in [0.15, 0.2) is 0 Å². The SMILES string of the molecule is O=C(O)C(CCc1ccccc1)CC1(C(=O)N[C@@H](Cc2ccc(O)cc2)C(=O)O)CCCC1. The van der Waals surface area contributed by atoms with Gasteiger partial charge in [-0.05, 0) is 55.4 Å². The van der Waals surface area contributed by atoms with E-state index >= 15 is 0 Å². The molecule has 7 heteroatoms. The van der Waals surface area contributed by atoms with Crippen LogP contribution < -0.4 is 5.32 Å². The number of hydrogen-bond donors (Lipinski definition) is 4. The molecule has 2 aromatic rings. The molecule has 0 spiro atoms. The van der Waals surface area contributed by atoms with Crippen molar-refractivity contribution in [2.24, 2.45) is 11.3 Å². The maximum absolute atomic E-state index is 13.4. The van der Waals surface area contributed by atoms with Gasteiger partial charge in [0.25, 0.3) is 0 Å². The summed E-state index contributed by atoms with van der Waals surface area (Å²) in [6.45, 7) is 0. The molecule has 1 saturated carbocycles. The minimum absolute atomic E-state index is 0.0772. The number of carbonyl (C=O) groups is 3. The number of phenolic OH excluding ortho intramolecular Hbond substituents is 1. The second kappa shape index (κ2) is 11.0. The third-order valence-corrected chi connectivity index (χ3v) is 6.63.